The molecule has 1 heterocycles. The maximum atomic E-state index is 6.37. The lowest BCUT2D eigenvalue weighted by Gasteiger charge is -2.21. The van der Waals surface area contributed by atoms with Crippen molar-refractivity contribution in [2.24, 2.45) is 0 Å². The third kappa shape index (κ3) is 5.38. The maximum absolute atomic E-state index is 6.37. The first-order valence-electron chi connectivity index (χ1n) is 7.49. The Morgan fingerprint density at radius 1 is 0.962 bits per heavy atom. The average Bonchev–Trinajstić information content (AvgIpc) is 3.06. The van der Waals surface area contributed by atoms with Crippen molar-refractivity contribution >= 4 is 46.4 Å². The van der Waals surface area contributed by atoms with E-state index in [1.165, 1.54) is 0 Å². The molecule has 1 aromatic heterocycles. The molecule has 3 nitrogen and oxygen atoms in total. The van der Waals surface area contributed by atoms with Gasteiger partial charge >= 0.3 is 0 Å². The monoisotopic (exact) mass is 430 g/mol. The minimum atomic E-state index is -0.286. The summed E-state index contributed by atoms with van der Waals surface area (Å²) in [7, 11) is 0. The summed E-state index contributed by atoms with van der Waals surface area (Å²) in [5.74, 6) is 0. The topological polar surface area (TPSA) is 27.1 Å². The van der Waals surface area contributed by atoms with Gasteiger partial charge in [0.2, 0.25) is 0 Å². The fraction of sp³-hybridized carbons (Fsp3) is 0.211. The molecule has 0 amide bonds. The molecule has 0 bridgehead atoms. The Bertz CT molecular complexity index is 853. The number of hydrogen-bond donors (Lipinski definition) is 0. The molecular formula is C19H18Cl4N2O. The second kappa shape index (κ2) is 9.63. The second-order valence-corrected chi connectivity index (χ2v) is 7.15. The Morgan fingerprint density at radius 3 is 2.27 bits per heavy atom. The maximum Gasteiger partial charge on any atom is 0.102 e. The predicted molar refractivity (Wildman–Crippen MR) is 109 cm³/mol. The van der Waals surface area contributed by atoms with Crippen LogP contribution in [-0.4, -0.2) is 9.55 Å². The molecule has 3 rings (SSSR count). The van der Waals surface area contributed by atoms with E-state index in [4.69, 9.17) is 51.1 Å². The first-order valence-corrected chi connectivity index (χ1v) is 9.00. The van der Waals surface area contributed by atoms with Crippen LogP contribution in [-0.2, 0) is 17.9 Å². The molecule has 0 spiro atoms. The summed E-state index contributed by atoms with van der Waals surface area (Å²) in [5.41, 5.74) is 1.71. The molecule has 26 heavy (non-hydrogen) atoms. The standard InChI is InChI=1S/C18H14Cl4N2O.CH4/c19-13-2-1-12(16(21)7-13)10-25-18(9-24-6-5-23-11-24)15-4-3-14(20)8-17(15)22;/h1-8,11,18H,9-10H2;1H4. The summed E-state index contributed by atoms with van der Waals surface area (Å²) in [6, 6.07) is 10.7. The Balaban J connectivity index is 0.00000243. The lowest BCUT2D eigenvalue weighted by molar-refractivity contribution is 0.0281. The zero-order valence-electron chi connectivity index (χ0n) is 13.0. The van der Waals surface area contributed by atoms with Crippen LogP contribution in [0.4, 0.5) is 0 Å². The highest BCUT2D eigenvalue weighted by Crippen LogP contribution is 2.31. The van der Waals surface area contributed by atoms with E-state index in [1.54, 1.807) is 36.8 Å². The van der Waals surface area contributed by atoms with Gasteiger partial charge in [0.15, 0.2) is 0 Å². The minimum Gasteiger partial charge on any atom is -0.367 e. The number of aromatic nitrogens is 2. The number of nitrogens with zero attached hydrogens (tertiary/aromatic N) is 2. The largest absolute Gasteiger partial charge is 0.367 e. The lowest BCUT2D eigenvalue weighted by atomic mass is 10.1. The Kier molecular flexibility index (Phi) is 7.81. The number of ether oxygens (including phenoxy) is 1. The van der Waals surface area contributed by atoms with Crippen LogP contribution in [0, 0.1) is 0 Å². The van der Waals surface area contributed by atoms with Crippen molar-refractivity contribution in [2.75, 3.05) is 0 Å². The van der Waals surface area contributed by atoms with E-state index in [-0.39, 0.29) is 13.5 Å². The van der Waals surface area contributed by atoms with Crippen molar-refractivity contribution in [2.45, 2.75) is 26.7 Å². The summed E-state index contributed by atoms with van der Waals surface area (Å²) in [4.78, 5) is 4.07. The van der Waals surface area contributed by atoms with Gasteiger partial charge in [-0.3, -0.25) is 0 Å². The van der Waals surface area contributed by atoms with Gasteiger partial charge < -0.3 is 9.30 Å². The molecule has 7 heteroatoms. The zero-order valence-corrected chi connectivity index (χ0v) is 16.0. The molecule has 1 atom stereocenters. The first kappa shape index (κ1) is 21.1. The van der Waals surface area contributed by atoms with Crippen molar-refractivity contribution in [1.82, 2.24) is 9.55 Å². The number of hydrogen-bond acceptors (Lipinski definition) is 2. The van der Waals surface area contributed by atoms with Gasteiger partial charge in [-0.1, -0.05) is 66.0 Å². The Labute approximate surface area is 173 Å². The Morgan fingerprint density at radius 2 is 1.65 bits per heavy atom. The van der Waals surface area contributed by atoms with E-state index in [9.17, 15) is 0 Å². The SMILES string of the molecule is C.Clc1ccc(COC(Cn2ccnc2)c2ccc(Cl)cc2Cl)c(Cl)c1. The van der Waals surface area contributed by atoms with E-state index in [2.05, 4.69) is 4.98 Å². The van der Waals surface area contributed by atoms with Gasteiger partial charge in [-0.2, -0.15) is 0 Å². The van der Waals surface area contributed by atoms with Gasteiger partial charge in [-0.25, -0.2) is 4.98 Å². The molecule has 0 saturated heterocycles. The van der Waals surface area contributed by atoms with Crippen LogP contribution in [0.15, 0.2) is 55.1 Å². The van der Waals surface area contributed by atoms with Crippen LogP contribution in [0.1, 0.15) is 24.7 Å². The third-order valence-corrected chi connectivity index (χ3v) is 4.85. The minimum absolute atomic E-state index is 0. The van der Waals surface area contributed by atoms with Crippen LogP contribution < -0.4 is 0 Å². The van der Waals surface area contributed by atoms with Crippen molar-refractivity contribution in [3.8, 4) is 0 Å². The van der Waals surface area contributed by atoms with Gasteiger partial charge in [-0.05, 0) is 29.8 Å². The van der Waals surface area contributed by atoms with Gasteiger partial charge in [0.1, 0.15) is 6.10 Å². The number of halogens is 4. The van der Waals surface area contributed by atoms with Crippen molar-refractivity contribution < 1.29 is 4.74 Å². The van der Waals surface area contributed by atoms with Gasteiger partial charge in [0, 0.05) is 38.0 Å². The summed E-state index contributed by atoms with van der Waals surface area (Å²) in [6.45, 7) is 0.890. The van der Waals surface area contributed by atoms with Crippen molar-refractivity contribution in [1.29, 1.82) is 0 Å². The smallest absolute Gasteiger partial charge is 0.102 e. The highest BCUT2D eigenvalue weighted by Gasteiger charge is 2.17. The fourth-order valence-electron chi connectivity index (χ4n) is 2.42. The van der Waals surface area contributed by atoms with E-state index in [0.29, 0.717) is 33.2 Å². The van der Waals surface area contributed by atoms with Gasteiger partial charge in [-0.15, -0.1) is 0 Å². The molecule has 0 aliphatic heterocycles. The molecule has 0 saturated carbocycles. The molecule has 0 aliphatic carbocycles. The average molecular weight is 432 g/mol. The summed E-state index contributed by atoms with van der Waals surface area (Å²) >= 11 is 24.5. The number of imidazole rings is 1. The van der Waals surface area contributed by atoms with Crippen LogP contribution in [0.2, 0.25) is 20.1 Å². The molecule has 0 fully saturated rings. The Hall–Kier alpha value is -1.23. The normalized spacial score (nSPS) is 11.8. The van der Waals surface area contributed by atoms with Crippen LogP contribution in [0.3, 0.4) is 0 Å². The third-order valence-electron chi connectivity index (χ3n) is 3.70. The first-order chi connectivity index (χ1) is 12.0. The van der Waals surface area contributed by atoms with E-state index >= 15 is 0 Å². The molecule has 0 radical (unpaired) electrons. The number of rotatable bonds is 6. The zero-order chi connectivity index (χ0) is 17.8. The molecule has 0 N–H and O–H groups in total. The molecule has 3 aromatic rings. The quantitative estimate of drug-likeness (QED) is 0.416. The molecular weight excluding hydrogens is 414 g/mol. The summed E-state index contributed by atoms with van der Waals surface area (Å²) < 4.78 is 8.05. The van der Waals surface area contributed by atoms with Crippen molar-refractivity contribution in [3.63, 3.8) is 0 Å². The van der Waals surface area contributed by atoms with Gasteiger partial charge in [0.25, 0.3) is 0 Å². The lowest BCUT2D eigenvalue weighted by Crippen LogP contribution is -2.12. The fourth-order valence-corrected chi connectivity index (χ4v) is 3.41. The van der Waals surface area contributed by atoms with Gasteiger partial charge in [0.05, 0.1) is 19.5 Å². The molecule has 0 aliphatic rings. The number of benzene rings is 2. The van der Waals surface area contributed by atoms with E-state index < -0.39 is 0 Å². The molecule has 2 aromatic carbocycles. The van der Waals surface area contributed by atoms with Crippen molar-refractivity contribution in [3.05, 3.63) is 86.3 Å². The van der Waals surface area contributed by atoms with E-state index in [1.807, 2.05) is 22.9 Å². The summed E-state index contributed by atoms with van der Waals surface area (Å²) in [5, 5.41) is 2.29. The van der Waals surface area contributed by atoms with E-state index in [0.717, 1.165) is 11.1 Å². The highest BCUT2D eigenvalue weighted by molar-refractivity contribution is 6.35. The second-order valence-electron chi connectivity index (χ2n) is 5.46. The van der Waals surface area contributed by atoms with Crippen LogP contribution in [0.25, 0.3) is 0 Å². The predicted octanol–water partition coefficient (Wildman–Crippen LogP) is 7.09. The molecule has 138 valence electrons. The summed E-state index contributed by atoms with van der Waals surface area (Å²) in [6.07, 6.45) is 5.03. The van der Waals surface area contributed by atoms with Crippen LogP contribution >= 0.6 is 46.4 Å². The molecule has 1 unspecified atom stereocenters. The van der Waals surface area contributed by atoms with Crippen LogP contribution in [0.5, 0.6) is 0 Å². The highest BCUT2D eigenvalue weighted by atomic mass is 35.5.